The van der Waals surface area contributed by atoms with E-state index in [-0.39, 0.29) is 0 Å². The van der Waals surface area contributed by atoms with Crippen molar-refractivity contribution in [1.82, 2.24) is 4.90 Å². The zero-order chi connectivity index (χ0) is 10.7. The molecule has 1 aliphatic heterocycles. The van der Waals surface area contributed by atoms with Crippen LogP contribution < -0.4 is 0 Å². The summed E-state index contributed by atoms with van der Waals surface area (Å²) in [6.45, 7) is 3.01. The number of hydrogen-bond acceptors (Lipinski definition) is 3. The fraction of sp³-hybridized carbons (Fsp3) is 0.545. The molecule has 0 aliphatic carbocycles. The van der Waals surface area contributed by atoms with Gasteiger partial charge in [0.15, 0.2) is 0 Å². The topological polar surface area (TPSA) is 40.5 Å². The lowest BCUT2D eigenvalue weighted by molar-refractivity contribution is 0.0699. The number of likely N-dealkylation sites (tertiary alicyclic amines) is 1. The Balaban J connectivity index is 2.03. The summed E-state index contributed by atoms with van der Waals surface area (Å²) in [5.41, 5.74) is 0.967. The minimum absolute atomic E-state index is 0.501. The molecule has 0 radical (unpaired) electrons. The quantitative estimate of drug-likeness (QED) is 0.859. The second-order valence-corrected chi connectivity index (χ2v) is 4.83. The summed E-state index contributed by atoms with van der Waals surface area (Å²) in [5, 5.41) is 10.8. The molecule has 0 saturated carbocycles. The van der Waals surface area contributed by atoms with Gasteiger partial charge in [-0.3, -0.25) is 4.90 Å². The number of thiophene rings is 1. The number of piperidine rings is 1. The van der Waals surface area contributed by atoms with Gasteiger partial charge in [0.05, 0.1) is 0 Å². The zero-order valence-electron chi connectivity index (χ0n) is 8.61. The zero-order valence-corrected chi connectivity index (χ0v) is 9.42. The average Bonchev–Trinajstić information content (AvgIpc) is 2.67. The fourth-order valence-electron chi connectivity index (χ4n) is 2.01. The maximum absolute atomic E-state index is 10.9. The molecule has 1 aromatic rings. The molecule has 15 heavy (non-hydrogen) atoms. The van der Waals surface area contributed by atoms with Crippen molar-refractivity contribution < 1.29 is 9.90 Å². The minimum Gasteiger partial charge on any atom is -0.477 e. The highest BCUT2D eigenvalue weighted by Gasteiger charge is 2.16. The van der Waals surface area contributed by atoms with Crippen molar-refractivity contribution in [2.45, 2.75) is 25.8 Å². The van der Waals surface area contributed by atoms with Crippen LogP contribution in [-0.4, -0.2) is 29.1 Å². The van der Waals surface area contributed by atoms with E-state index in [1.807, 2.05) is 11.4 Å². The average molecular weight is 225 g/mol. The first-order valence-corrected chi connectivity index (χ1v) is 6.17. The van der Waals surface area contributed by atoms with Crippen LogP contribution in [0.4, 0.5) is 0 Å². The van der Waals surface area contributed by atoms with Crippen LogP contribution in [0, 0.1) is 0 Å². The lowest BCUT2D eigenvalue weighted by Gasteiger charge is -2.26. The minimum atomic E-state index is -0.794. The first kappa shape index (κ1) is 10.6. The smallest absolute Gasteiger partial charge is 0.346 e. The Bertz CT molecular complexity index is 342. The number of carboxylic acid groups (broad SMARTS) is 1. The molecule has 2 rings (SSSR count). The van der Waals surface area contributed by atoms with Gasteiger partial charge in [0.1, 0.15) is 4.88 Å². The van der Waals surface area contributed by atoms with Crippen LogP contribution in [-0.2, 0) is 6.54 Å². The van der Waals surface area contributed by atoms with Crippen molar-refractivity contribution in [2.75, 3.05) is 13.1 Å². The van der Waals surface area contributed by atoms with Gasteiger partial charge in [-0.05, 0) is 42.9 Å². The Morgan fingerprint density at radius 1 is 1.40 bits per heavy atom. The summed E-state index contributed by atoms with van der Waals surface area (Å²) in [7, 11) is 0. The fourth-order valence-corrected chi connectivity index (χ4v) is 2.76. The summed E-state index contributed by atoms with van der Waals surface area (Å²) in [6, 6.07) is 1.93. The predicted molar refractivity (Wildman–Crippen MR) is 60.4 cm³/mol. The molecule has 4 heteroatoms. The third-order valence-corrected chi connectivity index (χ3v) is 3.73. The molecule has 3 nitrogen and oxygen atoms in total. The molecule has 82 valence electrons. The van der Waals surface area contributed by atoms with Gasteiger partial charge in [-0.25, -0.2) is 4.79 Å². The number of aromatic carboxylic acids is 1. The Kier molecular flexibility index (Phi) is 3.38. The molecule has 2 heterocycles. The van der Waals surface area contributed by atoms with Crippen molar-refractivity contribution in [3.05, 3.63) is 21.9 Å². The third-order valence-electron chi connectivity index (χ3n) is 2.78. The summed E-state index contributed by atoms with van der Waals surface area (Å²) in [6.07, 6.45) is 3.80. The third kappa shape index (κ3) is 2.58. The second-order valence-electron chi connectivity index (χ2n) is 3.92. The van der Waals surface area contributed by atoms with E-state index in [0.717, 1.165) is 25.2 Å². The van der Waals surface area contributed by atoms with E-state index in [1.165, 1.54) is 30.6 Å². The number of rotatable bonds is 3. The number of hydrogen-bond donors (Lipinski definition) is 1. The second kappa shape index (κ2) is 4.77. The van der Waals surface area contributed by atoms with E-state index in [9.17, 15) is 4.79 Å². The normalized spacial score (nSPS) is 17.9. The number of carbonyl (C=O) groups is 1. The van der Waals surface area contributed by atoms with E-state index < -0.39 is 5.97 Å². The van der Waals surface area contributed by atoms with Gasteiger partial charge in [0, 0.05) is 6.54 Å². The number of carboxylic acids is 1. The molecule has 1 fully saturated rings. The van der Waals surface area contributed by atoms with Gasteiger partial charge in [-0.15, -0.1) is 11.3 Å². The summed E-state index contributed by atoms with van der Waals surface area (Å²) in [4.78, 5) is 13.8. The highest BCUT2D eigenvalue weighted by molar-refractivity contribution is 7.12. The molecular formula is C11H15NO2S. The Hall–Kier alpha value is -0.870. The SMILES string of the molecule is O=C(O)c1sccc1CN1CCCCC1. The van der Waals surface area contributed by atoms with Crippen molar-refractivity contribution in [3.8, 4) is 0 Å². The van der Waals surface area contributed by atoms with Crippen molar-refractivity contribution in [1.29, 1.82) is 0 Å². The van der Waals surface area contributed by atoms with Gasteiger partial charge >= 0.3 is 5.97 Å². The van der Waals surface area contributed by atoms with E-state index in [1.54, 1.807) is 0 Å². The Morgan fingerprint density at radius 2 is 2.13 bits per heavy atom. The maximum Gasteiger partial charge on any atom is 0.346 e. The van der Waals surface area contributed by atoms with Crippen LogP contribution in [0.15, 0.2) is 11.4 Å². The monoisotopic (exact) mass is 225 g/mol. The van der Waals surface area contributed by atoms with E-state index >= 15 is 0 Å². The highest BCUT2D eigenvalue weighted by Crippen LogP contribution is 2.20. The molecule has 0 unspecified atom stereocenters. The molecular weight excluding hydrogens is 210 g/mol. The molecule has 1 aromatic heterocycles. The van der Waals surface area contributed by atoms with Gasteiger partial charge in [0.25, 0.3) is 0 Å². The summed E-state index contributed by atoms with van der Waals surface area (Å²) in [5.74, 6) is -0.794. The molecule has 0 amide bonds. The van der Waals surface area contributed by atoms with Crippen LogP contribution in [0.5, 0.6) is 0 Å². The van der Waals surface area contributed by atoms with Crippen molar-refractivity contribution >= 4 is 17.3 Å². The molecule has 0 aromatic carbocycles. The summed E-state index contributed by atoms with van der Waals surface area (Å²) >= 11 is 1.32. The molecule has 1 aliphatic rings. The lowest BCUT2D eigenvalue weighted by atomic mass is 10.1. The van der Waals surface area contributed by atoms with Crippen LogP contribution in [0.3, 0.4) is 0 Å². The molecule has 0 atom stereocenters. The van der Waals surface area contributed by atoms with Crippen LogP contribution in [0.25, 0.3) is 0 Å². The van der Waals surface area contributed by atoms with Gasteiger partial charge in [-0.1, -0.05) is 6.42 Å². The molecule has 1 saturated heterocycles. The largest absolute Gasteiger partial charge is 0.477 e. The van der Waals surface area contributed by atoms with E-state index in [4.69, 9.17) is 5.11 Å². The van der Waals surface area contributed by atoms with E-state index in [0.29, 0.717) is 4.88 Å². The first-order valence-electron chi connectivity index (χ1n) is 5.29. The van der Waals surface area contributed by atoms with Gasteiger partial charge < -0.3 is 5.11 Å². The number of nitrogens with zero attached hydrogens (tertiary/aromatic N) is 1. The Morgan fingerprint density at radius 3 is 2.80 bits per heavy atom. The van der Waals surface area contributed by atoms with Crippen LogP contribution in [0.1, 0.15) is 34.5 Å². The highest BCUT2D eigenvalue weighted by atomic mass is 32.1. The van der Waals surface area contributed by atoms with Gasteiger partial charge in [-0.2, -0.15) is 0 Å². The van der Waals surface area contributed by atoms with Crippen molar-refractivity contribution in [2.24, 2.45) is 0 Å². The standard InChI is InChI=1S/C11H15NO2S/c13-11(14)10-9(4-7-15-10)8-12-5-2-1-3-6-12/h4,7H,1-3,5-6,8H2,(H,13,14). The molecule has 1 N–H and O–H groups in total. The predicted octanol–water partition coefficient (Wildman–Crippen LogP) is 2.43. The van der Waals surface area contributed by atoms with Crippen LogP contribution >= 0.6 is 11.3 Å². The summed E-state index contributed by atoms with van der Waals surface area (Å²) < 4.78 is 0. The van der Waals surface area contributed by atoms with Crippen molar-refractivity contribution in [3.63, 3.8) is 0 Å². The lowest BCUT2D eigenvalue weighted by Crippen LogP contribution is -2.29. The first-order chi connectivity index (χ1) is 7.27. The molecule has 0 spiro atoms. The molecule has 0 bridgehead atoms. The Labute approximate surface area is 93.3 Å². The van der Waals surface area contributed by atoms with E-state index in [2.05, 4.69) is 4.90 Å². The van der Waals surface area contributed by atoms with Crippen LogP contribution in [0.2, 0.25) is 0 Å². The maximum atomic E-state index is 10.9. The van der Waals surface area contributed by atoms with Gasteiger partial charge in [0.2, 0.25) is 0 Å².